The average molecular weight is 386 g/mol. The predicted octanol–water partition coefficient (Wildman–Crippen LogP) is 5.81. The van der Waals surface area contributed by atoms with Crippen LogP contribution in [-0.4, -0.2) is 15.8 Å². The highest BCUT2D eigenvalue weighted by molar-refractivity contribution is 5.41. The second kappa shape index (κ2) is 8.38. The summed E-state index contributed by atoms with van der Waals surface area (Å²) in [6.07, 6.45) is 5.77. The lowest BCUT2D eigenvalue weighted by Gasteiger charge is -2.15. The van der Waals surface area contributed by atoms with Crippen molar-refractivity contribution in [2.45, 2.75) is 58.5 Å². The Labute approximate surface area is 174 Å². The lowest BCUT2D eigenvalue weighted by molar-refractivity contribution is 0.559. The molecule has 2 atom stereocenters. The zero-order chi connectivity index (χ0) is 20.4. The molecule has 1 N–H and O–H groups in total. The topological polar surface area (TPSA) is 29.9 Å². The van der Waals surface area contributed by atoms with Gasteiger partial charge in [0.1, 0.15) is 0 Å². The summed E-state index contributed by atoms with van der Waals surface area (Å²) in [5, 5.41) is 8.54. The van der Waals surface area contributed by atoms with E-state index in [-0.39, 0.29) is 0 Å². The molecule has 150 valence electrons. The average Bonchev–Trinajstić information content (AvgIpc) is 3.31. The molecule has 0 spiro atoms. The van der Waals surface area contributed by atoms with Crippen LogP contribution >= 0.6 is 0 Å². The minimum atomic E-state index is 0.406. The monoisotopic (exact) mass is 385 g/mol. The highest BCUT2D eigenvalue weighted by Gasteiger charge is 2.25. The molecule has 4 rings (SSSR count). The van der Waals surface area contributed by atoms with Crippen LogP contribution in [0.3, 0.4) is 0 Å². The highest BCUT2D eigenvalue weighted by Crippen LogP contribution is 2.34. The maximum absolute atomic E-state index is 4.83. The third-order valence-corrected chi connectivity index (χ3v) is 6.02. The lowest BCUT2D eigenvalue weighted by Crippen LogP contribution is -2.25. The van der Waals surface area contributed by atoms with Crippen LogP contribution in [0.2, 0.25) is 0 Å². The first-order chi connectivity index (χ1) is 14.0. The molecule has 3 heteroatoms. The van der Waals surface area contributed by atoms with Crippen LogP contribution in [0, 0.1) is 13.8 Å². The molecule has 0 amide bonds. The van der Waals surface area contributed by atoms with Gasteiger partial charge in [-0.3, -0.25) is 0 Å². The fraction of sp³-hybridized carbons (Fsp3) is 0.346. The Hall–Kier alpha value is -2.65. The molecule has 2 aromatic carbocycles. The Kier molecular flexibility index (Phi) is 5.68. The molecule has 1 aliphatic carbocycles. The summed E-state index contributed by atoms with van der Waals surface area (Å²) in [7, 11) is 0. The summed E-state index contributed by atoms with van der Waals surface area (Å²) < 4.78 is 2.08. The van der Waals surface area contributed by atoms with E-state index in [1.807, 2.05) is 6.07 Å². The number of nitrogens with zero attached hydrogens (tertiary/aromatic N) is 2. The molecule has 0 aliphatic heterocycles. The summed E-state index contributed by atoms with van der Waals surface area (Å²) in [4.78, 5) is 0. The van der Waals surface area contributed by atoms with E-state index >= 15 is 0 Å². The molecule has 29 heavy (non-hydrogen) atoms. The number of hydrogen-bond donors (Lipinski definition) is 1. The summed E-state index contributed by atoms with van der Waals surface area (Å²) in [5.74, 6) is 1.01. The van der Waals surface area contributed by atoms with Crippen molar-refractivity contribution in [2.24, 2.45) is 0 Å². The minimum Gasteiger partial charge on any atom is -0.306 e. The van der Waals surface area contributed by atoms with Crippen molar-refractivity contribution in [1.82, 2.24) is 15.1 Å². The first-order valence-electron chi connectivity index (χ1n) is 10.6. The van der Waals surface area contributed by atoms with Gasteiger partial charge in [-0.05, 0) is 49.4 Å². The van der Waals surface area contributed by atoms with E-state index in [9.17, 15) is 0 Å². The number of aromatic nitrogens is 2. The number of aryl methyl sites for hydroxylation is 1. The molecule has 0 radical (unpaired) electrons. The van der Waals surface area contributed by atoms with Gasteiger partial charge >= 0.3 is 0 Å². The second-order valence-electron chi connectivity index (χ2n) is 8.44. The third kappa shape index (κ3) is 4.20. The molecule has 1 aliphatic rings. The summed E-state index contributed by atoms with van der Waals surface area (Å²) in [5.41, 5.74) is 7.61. The van der Waals surface area contributed by atoms with Gasteiger partial charge in [0.25, 0.3) is 0 Å². The highest BCUT2D eigenvalue weighted by atomic mass is 15.3. The third-order valence-electron chi connectivity index (χ3n) is 6.02. The predicted molar refractivity (Wildman–Crippen MR) is 121 cm³/mol. The minimum absolute atomic E-state index is 0.406. The van der Waals surface area contributed by atoms with Crippen molar-refractivity contribution >= 4 is 0 Å². The zero-order valence-electron chi connectivity index (χ0n) is 17.9. The number of allylic oxidation sites excluding steroid dienone is 1. The first kappa shape index (κ1) is 19.7. The molecular formula is C26H31N3. The van der Waals surface area contributed by atoms with Crippen LogP contribution in [0.5, 0.6) is 0 Å². The molecular weight excluding hydrogens is 354 g/mol. The fourth-order valence-electron chi connectivity index (χ4n) is 4.35. The van der Waals surface area contributed by atoms with E-state index in [2.05, 4.69) is 98.4 Å². The van der Waals surface area contributed by atoms with Crippen LogP contribution in [0.4, 0.5) is 0 Å². The van der Waals surface area contributed by atoms with Crippen LogP contribution in [0.25, 0.3) is 5.69 Å². The normalized spacial score (nSPS) is 18.7. The maximum atomic E-state index is 4.83. The van der Waals surface area contributed by atoms with E-state index in [0.717, 1.165) is 24.3 Å². The lowest BCUT2D eigenvalue weighted by atomic mass is 9.95. The van der Waals surface area contributed by atoms with E-state index < -0.39 is 0 Å². The Morgan fingerprint density at radius 2 is 1.72 bits per heavy atom. The van der Waals surface area contributed by atoms with E-state index in [1.54, 1.807) is 0 Å². The van der Waals surface area contributed by atoms with Crippen molar-refractivity contribution in [3.8, 4) is 5.69 Å². The number of nitrogens with one attached hydrogen (secondary N) is 1. The summed E-state index contributed by atoms with van der Waals surface area (Å²) in [6, 6.07) is 19.8. The fourth-order valence-corrected chi connectivity index (χ4v) is 4.35. The molecule has 2 unspecified atom stereocenters. The first-order valence-corrected chi connectivity index (χ1v) is 10.6. The van der Waals surface area contributed by atoms with E-state index in [1.165, 1.54) is 22.4 Å². The summed E-state index contributed by atoms with van der Waals surface area (Å²) >= 11 is 0. The van der Waals surface area contributed by atoms with Gasteiger partial charge in [-0.15, -0.1) is 0 Å². The number of benzene rings is 2. The summed E-state index contributed by atoms with van der Waals surface area (Å²) in [6.45, 7) is 9.70. The van der Waals surface area contributed by atoms with Gasteiger partial charge in [-0.25, -0.2) is 4.68 Å². The number of rotatable bonds is 6. The van der Waals surface area contributed by atoms with Gasteiger partial charge in [-0.1, -0.05) is 68.5 Å². The van der Waals surface area contributed by atoms with E-state index in [4.69, 9.17) is 5.10 Å². The largest absolute Gasteiger partial charge is 0.306 e. The molecule has 0 fully saturated rings. The SMILES string of the molecule is Cc1nn(-c2ccccc2)c(C)c1C1C=CC(NCc2ccc(C(C)C)cc2)C1. The van der Waals surface area contributed by atoms with Crippen LogP contribution < -0.4 is 5.32 Å². The van der Waals surface area contributed by atoms with Crippen molar-refractivity contribution in [1.29, 1.82) is 0 Å². The molecule has 1 heterocycles. The quantitative estimate of drug-likeness (QED) is 0.542. The smallest absolute Gasteiger partial charge is 0.0648 e. The van der Waals surface area contributed by atoms with Crippen LogP contribution in [0.1, 0.15) is 60.2 Å². The molecule has 0 saturated heterocycles. The number of hydrogen-bond acceptors (Lipinski definition) is 2. The van der Waals surface area contributed by atoms with Crippen molar-refractivity contribution in [3.63, 3.8) is 0 Å². The van der Waals surface area contributed by atoms with Gasteiger partial charge in [0.05, 0.1) is 11.4 Å². The van der Waals surface area contributed by atoms with Crippen molar-refractivity contribution in [2.75, 3.05) is 0 Å². The second-order valence-corrected chi connectivity index (χ2v) is 8.44. The van der Waals surface area contributed by atoms with Gasteiger partial charge < -0.3 is 5.32 Å². The Bertz CT molecular complexity index is 981. The van der Waals surface area contributed by atoms with E-state index in [0.29, 0.717) is 17.9 Å². The van der Waals surface area contributed by atoms with Crippen molar-refractivity contribution < 1.29 is 0 Å². The van der Waals surface area contributed by atoms with Gasteiger partial charge in [0.2, 0.25) is 0 Å². The van der Waals surface area contributed by atoms with Gasteiger partial charge in [0.15, 0.2) is 0 Å². The molecule has 1 aromatic heterocycles. The van der Waals surface area contributed by atoms with Crippen LogP contribution in [0.15, 0.2) is 66.7 Å². The Morgan fingerprint density at radius 1 is 1.00 bits per heavy atom. The molecule has 3 nitrogen and oxygen atoms in total. The molecule has 0 bridgehead atoms. The molecule has 0 saturated carbocycles. The Morgan fingerprint density at radius 3 is 2.41 bits per heavy atom. The number of para-hydroxylation sites is 1. The Balaban J connectivity index is 1.41. The maximum Gasteiger partial charge on any atom is 0.0648 e. The van der Waals surface area contributed by atoms with Gasteiger partial charge in [-0.2, -0.15) is 5.10 Å². The van der Waals surface area contributed by atoms with Crippen molar-refractivity contribution in [3.05, 3.63) is 94.8 Å². The van der Waals surface area contributed by atoms with Gasteiger partial charge in [0, 0.05) is 29.8 Å². The molecule has 3 aromatic rings. The zero-order valence-corrected chi connectivity index (χ0v) is 17.9. The standard InChI is InChI=1S/C26H31N3/c1-18(2)22-12-10-21(11-13-22)17-27-24-15-14-23(16-24)26-19(3)28-29(20(26)4)25-8-6-5-7-9-25/h5-15,18,23-24,27H,16-17H2,1-4H3. The van der Waals surface area contributed by atoms with Crippen LogP contribution in [-0.2, 0) is 6.54 Å².